The summed E-state index contributed by atoms with van der Waals surface area (Å²) >= 11 is 0.897. The summed E-state index contributed by atoms with van der Waals surface area (Å²) in [6.45, 7) is 17.0. The lowest BCUT2D eigenvalue weighted by molar-refractivity contribution is 0.117. The number of piperazine rings is 1. The van der Waals surface area contributed by atoms with Gasteiger partial charge in [0.25, 0.3) is 0 Å². The van der Waals surface area contributed by atoms with Gasteiger partial charge in [-0.05, 0) is 49.0 Å². The molecule has 1 radical (unpaired) electrons. The van der Waals surface area contributed by atoms with E-state index < -0.39 is 34.9 Å². The van der Waals surface area contributed by atoms with Gasteiger partial charge in [0.1, 0.15) is 23.6 Å². The summed E-state index contributed by atoms with van der Waals surface area (Å²) < 4.78 is 72.3. The van der Waals surface area contributed by atoms with Gasteiger partial charge in [-0.2, -0.15) is 5.26 Å². The Balaban J connectivity index is 1.37. The lowest BCUT2D eigenvalue weighted by Gasteiger charge is -2.44. The topological polar surface area (TPSA) is 151 Å². The highest BCUT2D eigenvalue weighted by atomic mass is 32.2. The van der Waals surface area contributed by atoms with Gasteiger partial charge < -0.3 is 24.1 Å². The van der Waals surface area contributed by atoms with Crippen molar-refractivity contribution in [1.82, 2.24) is 19.9 Å². The molecule has 1 aromatic carbocycles. The second kappa shape index (κ2) is 14.2. The first-order valence-corrected chi connectivity index (χ1v) is 23.5. The largest absolute Gasteiger partial charge is 0.416 e. The van der Waals surface area contributed by atoms with Gasteiger partial charge in [0.2, 0.25) is 15.0 Å². The van der Waals surface area contributed by atoms with Crippen LogP contribution in [0.15, 0.2) is 11.4 Å². The molecule has 2 fully saturated rings. The Bertz CT molecular complexity index is 2320. The van der Waals surface area contributed by atoms with Gasteiger partial charge in [-0.3, -0.25) is 9.88 Å². The van der Waals surface area contributed by atoms with Crippen molar-refractivity contribution in [1.29, 1.82) is 5.26 Å². The third-order valence-corrected chi connectivity index (χ3v) is 18.6. The zero-order chi connectivity index (χ0) is 38.9. The summed E-state index contributed by atoms with van der Waals surface area (Å²) in [5, 5.41) is 13.1. The molecular weight excluding hydrogens is 751 g/mol. The van der Waals surface area contributed by atoms with Crippen molar-refractivity contribution in [3.8, 4) is 17.3 Å². The Morgan fingerprint density at radius 3 is 2.50 bits per heavy atom. The Labute approximate surface area is 319 Å². The Morgan fingerprint density at radius 2 is 1.87 bits per heavy atom. The summed E-state index contributed by atoms with van der Waals surface area (Å²) in [4.78, 5) is 29.1. The average Bonchev–Trinajstić information content (AvgIpc) is 3.81. The van der Waals surface area contributed by atoms with Crippen LogP contribution in [0.4, 0.5) is 19.6 Å². The van der Waals surface area contributed by atoms with E-state index in [1.165, 1.54) is 6.92 Å². The molecule has 0 spiro atoms. The molecule has 3 atom stereocenters. The second-order valence-corrected chi connectivity index (χ2v) is 23.8. The minimum Gasteiger partial charge on any atom is -0.416 e. The molecule has 0 amide bonds. The van der Waals surface area contributed by atoms with E-state index in [0.29, 0.717) is 41.6 Å². The fraction of sp³-hybridized carbons (Fsp3) is 0.528. The van der Waals surface area contributed by atoms with Crippen LogP contribution in [0.1, 0.15) is 64.2 Å². The quantitative estimate of drug-likeness (QED) is 0.105. The molecule has 2 saturated heterocycles. The molecule has 2 unspecified atom stereocenters. The fourth-order valence-corrected chi connectivity index (χ4v) is 11.0. The SMILES string of the molecule is CCS(=O)(=O)c1nc(N2C3CCC2CN(C[C@@H](C)O[Si](C)(C)C(C)(C)C)C3)c2c3c(c(-c4ncc(F)c5sc(N[B]C=O)c(C#N)c45)c(F)c2n1)COC3. The van der Waals surface area contributed by atoms with Gasteiger partial charge in [0.15, 0.2) is 20.0 Å². The number of fused-ring (bicyclic) bond motifs is 6. The molecule has 4 aromatic rings. The summed E-state index contributed by atoms with van der Waals surface area (Å²) in [5.41, 5.74) is 0.762. The number of rotatable bonds is 11. The number of aromatic nitrogens is 3. The number of carbonyl (C=O) groups is 1. The zero-order valence-electron chi connectivity index (χ0n) is 31.4. The van der Waals surface area contributed by atoms with Gasteiger partial charge in [-0.1, -0.05) is 27.7 Å². The van der Waals surface area contributed by atoms with Crippen molar-refractivity contribution in [2.24, 2.45) is 0 Å². The first-order valence-electron chi connectivity index (χ1n) is 18.1. The standard InChI is InChI=1S/C36H43BF2N7O5S2Si/c1-8-53(48,49)35-42-31-28(33(43-35)46-20-9-10-21(46)15-45(14-20)13-19(2)51-54(6,7)36(3,4)5)24-17-50-16-23(24)26(29(31)39)30-27-22(11-40)34(44-37-18-47)52-32(27)25(38)12-41-30/h12,18-21,44H,8-10,13-17H2,1-7H3/t19-,20?,21?/m1/s1. The number of carbonyl (C=O) groups excluding carboxylic acids is 1. The van der Waals surface area contributed by atoms with Crippen LogP contribution in [0.5, 0.6) is 0 Å². The number of nitrogens with zero attached hydrogens (tertiary/aromatic N) is 6. The highest BCUT2D eigenvalue weighted by Crippen LogP contribution is 2.48. The maximum absolute atomic E-state index is 17.5. The molecule has 54 heavy (non-hydrogen) atoms. The van der Waals surface area contributed by atoms with E-state index in [1.54, 1.807) is 0 Å². The molecular formula is C36H43BF2N7O5S2Si. The molecule has 3 aliphatic rings. The Morgan fingerprint density at radius 1 is 1.19 bits per heavy atom. The molecule has 18 heteroatoms. The second-order valence-electron chi connectivity index (χ2n) is 15.8. The Kier molecular flexibility index (Phi) is 10.1. The van der Waals surface area contributed by atoms with Crippen LogP contribution < -0.4 is 10.1 Å². The molecule has 12 nitrogen and oxygen atoms in total. The lowest BCUT2D eigenvalue weighted by Crippen LogP contribution is -2.56. The minimum atomic E-state index is -4.00. The summed E-state index contributed by atoms with van der Waals surface area (Å²) in [5.74, 6) is -1.52. The number of nitriles is 1. The molecule has 3 aliphatic heterocycles. The number of likely N-dealkylation sites (tertiary alicyclic amines) is 1. The van der Waals surface area contributed by atoms with Crippen molar-refractivity contribution in [3.05, 3.63) is 34.5 Å². The van der Waals surface area contributed by atoms with Gasteiger partial charge >= 0.3 is 7.41 Å². The van der Waals surface area contributed by atoms with E-state index in [4.69, 9.17) is 14.1 Å². The van der Waals surface area contributed by atoms with E-state index >= 15 is 8.78 Å². The molecule has 7 rings (SSSR count). The van der Waals surface area contributed by atoms with Crippen LogP contribution in [-0.2, 0) is 37.0 Å². The lowest BCUT2D eigenvalue weighted by atomic mass is 9.93. The fourth-order valence-electron chi connectivity index (χ4n) is 7.84. The Hall–Kier alpha value is -3.60. The normalized spacial score (nSPS) is 19.7. The minimum absolute atomic E-state index is 0.00463. The van der Waals surface area contributed by atoms with Crippen molar-refractivity contribution >= 4 is 74.9 Å². The van der Waals surface area contributed by atoms with Crippen molar-refractivity contribution < 1.29 is 31.2 Å². The van der Waals surface area contributed by atoms with Crippen molar-refractivity contribution in [2.45, 2.75) is 102 Å². The van der Waals surface area contributed by atoms with Crippen molar-refractivity contribution in [3.63, 3.8) is 0 Å². The number of thiophene rings is 1. The molecule has 1 N–H and O–H groups in total. The first-order chi connectivity index (χ1) is 25.5. The molecule has 2 bridgehead atoms. The number of pyridine rings is 1. The van der Waals surface area contributed by atoms with E-state index in [0.717, 1.165) is 44.3 Å². The molecule has 3 aromatic heterocycles. The van der Waals surface area contributed by atoms with Gasteiger partial charge in [0, 0.05) is 42.7 Å². The van der Waals surface area contributed by atoms with Crippen LogP contribution in [0.3, 0.4) is 0 Å². The van der Waals surface area contributed by atoms with E-state index in [-0.39, 0.29) is 79.6 Å². The third-order valence-electron chi connectivity index (χ3n) is 11.3. The number of hydrogen-bond acceptors (Lipinski definition) is 13. The van der Waals surface area contributed by atoms with Crippen LogP contribution >= 0.6 is 11.3 Å². The van der Waals surface area contributed by atoms with Crippen LogP contribution in [-0.4, -0.2) is 93.8 Å². The summed E-state index contributed by atoms with van der Waals surface area (Å²) in [6.07, 6.45) is 3.18. The molecule has 6 heterocycles. The predicted octanol–water partition coefficient (Wildman–Crippen LogP) is 6.16. The number of nitrogens with one attached hydrogen (secondary N) is 1. The van der Waals surface area contributed by atoms with E-state index in [2.05, 4.69) is 71.9 Å². The maximum Gasteiger partial charge on any atom is 0.326 e. The number of ether oxygens (including phenoxy) is 1. The highest BCUT2D eigenvalue weighted by Gasteiger charge is 2.44. The molecule has 285 valence electrons. The summed E-state index contributed by atoms with van der Waals surface area (Å²) in [6, 6.07) is 2.02. The van der Waals surface area contributed by atoms with Gasteiger partial charge in [-0.15, -0.1) is 11.3 Å². The van der Waals surface area contributed by atoms with E-state index in [9.17, 15) is 18.5 Å². The van der Waals surface area contributed by atoms with Crippen molar-refractivity contribution in [2.75, 3.05) is 35.5 Å². The van der Waals surface area contributed by atoms with Crippen LogP contribution in [0.2, 0.25) is 18.1 Å². The van der Waals surface area contributed by atoms with Crippen LogP contribution in [0, 0.1) is 23.0 Å². The van der Waals surface area contributed by atoms with Crippen LogP contribution in [0.25, 0.3) is 32.2 Å². The van der Waals surface area contributed by atoms with Gasteiger partial charge in [0.05, 0.1) is 57.6 Å². The number of sulfone groups is 1. The number of benzene rings is 1. The number of anilines is 2. The monoisotopic (exact) mass is 794 g/mol. The first kappa shape index (κ1) is 38.7. The summed E-state index contributed by atoms with van der Waals surface area (Å²) in [7, 11) is -4.91. The predicted molar refractivity (Wildman–Crippen MR) is 209 cm³/mol. The molecule has 0 saturated carbocycles. The number of halogens is 2. The smallest absolute Gasteiger partial charge is 0.326 e. The van der Waals surface area contributed by atoms with Gasteiger partial charge in [-0.25, -0.2) is 27.2 Å². The highest BCUT2D eigenvalue weighted by molar-refractivity contribution is 7.91. The third kappa shape index (κ3) is 6.49. The molecule has 0 aliphatic carbocycles. The average molecular weight is 795 g/mol. The number of hydrogen-bond donors (Lipinski definition) is 1. The zero-order valence-corrected chi connectivity index (χ0v) is 34.1. The maximum atomic E-state index is 17.5. The van der Waals surface area contributed by atoms with E-state index in [1.807, 2.05) is 0 Å².